The average molecular weight is 366 g/mol. The first-order valence-corrected chi connectivity index (χ1v) is 8.44. The van der Waals surface area contributed by atoms with E-state index < -0.39 is 32.7 Å². The fourth-order valence-corrected chi connectivity index (χ4v) is 3.83. The smallest absolute Gasteiger partial charge is 0.397 e. The highest BCUT2D eigenvalue weighted by atomic mass is 35.5. The summed E-state index contributed by atoms with van der Waals surface area (Å²) in [6.45, 7) is 0. The van der Waals surface area contributed by atoms with Crippen LogP contribution in [0.3, 0.4) is 0 Å². The molecule has 1 heterocycles. The van der Waals surface area contributed by atoms with E-state index in [0.717, 1.165) is 10.2 Å². The van der Waals surface area contributed by atoms with Gasteiger partial charge in [-0.3, -0.25) is 0 Å². The molecule has 0 bridgehead atoms. The number of benzene rings is 1. The lowest BCUT2D eigenvalue weighted by atomic mass is 10.0. The van der Waals surface area contributed by atoms with Crippen molar-refractivity contribution in [1.82, 2.24) is 9.19 Å². The molecule has 1 aromatic heterocycles. The van der Waals surface area contributed by atoms with Crippen molar-refractivity contribution in [2.24, 2.45) is 0 Å². The van der Waals surface area contributed by atoms with E-state index in [1.165, 1.54) is 18.5 Å². The molecule has 2 aromatic rings. The molecule has 0 saturated heterocycles. The predicted molar refractivity (Wildman–Crippen MR) is 79.4 cm³/mol. The zero-order valence-corrected chi connectivity index (χ0v) is 13.1. The predicted octanol–water partition coefficient (Wildman–Crippen LogP) is 3.14. The van der Waals surface area contributed by atoms with Gasteiger partial charge in [-0.15, -0.1) is 0 Å². The molecule has 0 spiro atoms. The maximum atomic E-state index is 13.0. The van der Waals surface area contributed by atoms with Crippen LogP contribution < -0.4 is 5.73 Å². The Kier molecular flexibility index (Phi) is 3.60. The number of hydrogen-bond donors (Lipinski definition) is 1. The first-order valence-electron chi connectivity index (χ1n) is 6.56. The summed E-state index contributed by atoms with van der Waals surface area (Å²) < 4.78 is 63.8. The number of nitrogens with two attached hydrogens (primary N) is 1. The van der Waals surface area contributed by atoms with Gasteiger partial charge < -0.3 is 5.73 Å². The number of nitrogens with zero attached hydrogens (tertiary/aromatic N) is 2. The lowest BCUT2D eigenvalue weighted by molar-refractivity contribution is -0.136. The Balaban J connectivity index is 2.06. The largest absolute Gasteiger partial charge is 0.418 e. The van der Waals surface area contributed by atoms with Crippen LogP contribution in [0.25, 0.3) is 11.1 Å². The van der Waals surface area contributed by atoms with Crippen LogP contribution in [0.5, 0.6) is 0 Å². The Labute approximate surface area is 134 Å². The second-order valence-corrected chi connectivity index (χ2v) is 7.74. The van der Waals surface area contributed by atoms with Crippen molar-refractivity contribution in [3.8, 4) is 11.1 Å². The molecule has 10 heteroatoms. The minimum atomic E-state index is -4.67. The second-order valence-electron chi connectivity index (χ2n) is 5.26. The SMILES string of the molecule is Nc1c(Cl)cc(-c2cnn(S(=O)(=O)C3CC3)c2)cc1C(F)(F)F. The number of nitrogen functional groups attached to an aromatic ring is 1. The molecule has 1 aromatic carbocycles. The van der Waals surface area contributed by atoms with Crippen molar-refractivity contribution in [1.29, 1.82) is 0 Å². The van der Waals surface area contributed by atoms with Crippen LogP contribution in [-0.4, -0.2) is 22.9 Å². The maximum absolute atomic E-state index is 13.0. The van der Waals surface area contributed by atoms with Crippen LogP contribution in [0.15, 0.2) is 24.5 Å². The molecule has 3 rings (SSSR count). The summed E-state index contributed by atoms with van der Waals surface area (Å²) in [5, 5.41) is 3.01. The molecule has 1 saturated carbocycles. The fourth-order valence-electron chi connectivity index (χ4n) is 2.13. The highest BCUT2D eigenvalue weighted by Crippen LogP contribution is 2.40. The van der Waals surface area contributed by atoms with Gasteiger partial charge in [0.2, 0.25) is 0 Å². The maximum Gasteiger partial charge on any atom is 0.418 e. The third-order valence-corrected chi connectivity index (χ3v) is 5.88. The number of rotatable bonds is 3. The van der Waals surface area contributed by atoms with Gasteiger partial charge in [-0.05, 0) is 30.5 Å². The Bertz CT molecular complexity index is 873. The van der Waals surface area contributed by atoms with Crippen LogP contribution in [0.1, 0.15) is 18.4 Å². The summed E-state index contributed by atoms with van der Waals surface area (Å²) in [6.07, 6.45) is -1.19. The first kappa shape index (κ1) is 16.1. The molecule has 0 radical (unpaired) electrons. The number of anilines is 1. The van der Waals surface area contributed by atoms with E-state index in [1.54, 1.807) is 0 Å². The summed E-state index contributed by atoms with van der Waals surface area (Å²) in [7, 11) is -3.58. The number of halogens is 4. The Morgan fingerprint density at radius 1 is 1.26 bits per heavy atom. The van der Waals surface area contributed by atoms with Crippen molar-refractivity contribution in [3.05, 3.63) is 35.1 Å². The van der Waals surface area contributed by atoms with Crippen LogP contribution in [0.4, 0.5) is 18.9 Å². The van der Waals surface area contributed by atoms with Crippen molar-refractivity contribution < 1.29 is 21.6 Å². The number of aromatic nitrogens is 2. The van der Waals surface area contributed by atoms with E-state index in [-0.39, 0.29) is 16.1 Å². The van der Waals surface area contributed by atoms with Crippen molar-refractivity contribution in [3.63, 3.8) is 0 Å². The summed E-state index contributed by atoms with van der Waals surface area (Å²) >= 11 is 5.76. The van der Waals surface area contributed by atoms with E-state index in [0.29, 0.717) is 12.8 Å². The standard InChI is InChI=1S/C13H11ClF3N3O2S/c14-11-4-7(3-10(12(11)18)13(15,16)17)8-5-19-20(6-8)23(21,22)9-1-2-9/h3-6,9H,1-2,18H2. The monoisotopic (exact) mass is 365 g/mol. The van der Waals surface area contributed by atoms with Gasteiger partial charge in [0.1, 0.15) is 0 Å². The van der Waals surface area contributed by atoms with E-state index in [9.17, 15) is 21.6 Å². The molecule has 1 aliphatic carbocycles. The summed E-state index contributed by atoms with van der Waals surface area (Å²) in [4.78, 5) is 0. The van der Waals surface area contributed by atoms with Gasteiger partial charge in [0.05, 0.1) is 33.9 Å². The van der Waals surface area contributed by atoms with Gasteiger partial charge in [0.15, 0.2) is 0 Å². The van der Waals surface area contributed by atoms with Crippen molar-refractivity contribution in [2.45, 2.75) is 24.3 Å². The second kappa shape index (κ2) is 5.13. The van der Waals surface area contributed by atoms with Crippen LogP contribution in [0, 0.1) is 0 Å². The fraction of sp³-hybridized carbons (Fsp3) is 0.308. The minimum absolute atomic E-state index is 0.0915. The zero-order chi connectivity index (χ0) is 17.0. The van der Waals surface area contributed by atoms with Gasteiger partial charge in [-0.1, -0.05) is 11.6 Å². The molecule has 0 aliphatic heterocycles. The lowest BCUT2D eigenvalue weighted by Gasteiger charge is -2.12. The summed E-state index contributed by atoms with van der Waals surface area (Å²) in [5.41, 5.74) is 4.03. The van der Waals surface area contributed by atoms with Gasteiger partial charge in [0, 0.05) is 5.56 Å². The Morgan fingerprint density at radius 3 is 2.48 bits per heavy atom. The van der Waals surface area contributed by atoms with Gasteiger partial charge in [-0.25, -0.2) is 8.42 Å². The quantitative estimate of drug-likeness (QED) is 0.847. The molecule has 0 atom stereocenters. The molecule has 0 unspecified atom stereocenters. The first-order chi connectivity index (χ1) is 10.6. The molecular weight excluding hydrogens is 355 g/mol. The number of hydrogen-bond acceptors (Lipinski definition) is 4. The number of alkyl halides is 3. The van der Waals surface area contributed by atoms with Gasteiger partial charge >= 0.3 is 6.18 Å². The Morgan fingerprint density at radius 2 is 1.91 bits per heavy atom. The van der Waals surface area contributed by atoms with Gasteiger partial charge in [-0.2, -0.15) is 22.4 Å². The summed E-state index contributed by atoms with van der Waals surface area (Å²) in [6, 6.07) is 2.07. The normalized spacial score (nSPS) is 15.8. The van der Waals surface area contributed by atoms with Crippen molar-refractivity contribution in [2.75, 3.05) is 5.73 Å². The zero-order valence-electron chi connectivity index (χ0n) is 11.5. The van der Waals surface area contributed by atoms with E-state index >= 15 is 0 Å². The highest BCUT2D eigenvalue weighted by molar-refractivity contribution is 7.90. The third-order valence-electron chi connectivity index (χ3n) is 3.53. The topological polar surface area (TPSA) is 78.0 Å². The average Bonchev–Trinajstić information content (AvgIpc) is 3.18. The van der Waals surface area contributed by atoms with E-state index in [1.807, 2.05) is 0 Å². The molecule has 5 nitrogen and oxygen atoms in total. The van der Waals surface area contributed by atoms with Gasteiger partial charge in [0.25, 0.3) is 10.0 Å². The molecule has 0 amide bonds. The lowest BCUT2D eigenvalue weighted by Crippen LogP contribution is -2.17. The molecule has 124 valence electrons. The van der Waals surface area contributed by atoms with Crippen molar-refractivity contribution >= 4 is 27.3 Å². The Hall–Kier alpha value is -1.74. The van der Waals surface area contributed by atoms with Crippen LogP contribution in [-0.2, 0) is 16.2 Å². The minimum Gasteiger partial charge on any atom is -0.397 e. The molecule has 1 fully saturated rings. The highest BCUT2D eigenvalue weighted by Gasteiger charge is 2.38. The van der Waals surface area contributed by atoms with E-state index in [2.05, 4.69) is 5.10 Å². The third kappa shape index (κ3) is 2.90. The molecular formula is C13H11ClF3N3O2S. The van der Waals surface area contributed by atoms with E-state index in [4.69, 9.17) is 17.3 Å². The molecule has 1 aliphatic rings. The molecule has 23 heavy (non-hydrogen) atoms. The summed E-state index contributed by atoms with van der Waals surface area (Å²) in [5.74, 6) is 0. The van der Waals surface area contributed by atoms with Crippen LogP contribution >= 0.6 is 11.6 Å². The molecule has 2 N–H and O–H groups in total. The van der Waals surface area contributed by atoms with Crippen LogP contribution in [0.2, 0.25) is 5.02 Å².